The molecule has 24 heavy (non-hydrogen) atoms. The minimum Gasteiger partial charge on any atom is -0.298 e. The third kappa shape index (κ3) is 3.27. The predicted octanol–water partition coefficient (Wildman–Crippen LogP) is 4.70. The molecule has 0 bridgehead atoms. The van der Waals surface area contributed by atoms with Crippen LogP contribution in [-0.2, 0) is 6.54 Å². The predicted molar refractivity (Wildman–Crippen MR) is 102 cm³/mol. The summed E-state index contributed by atoms with van der Waals surface area (Å²) in [5.41, 5.74) is 1.08. The van der Waals surface area contributed by atoms with E-state index in [1.165, 1.54) is 24.4 Å². The highest BCUT2D eigenvalue weighted by molar-refractivity contribution is 9.10. The molecule has 0 amide bonds. The van der Waals surface area contributed by atoms with E-state index in [9.17, 15) is 0 Å². The molecule has 0 radical (unpaired) electrons. The first kappa shape index (κ1) is 16.2. The molecule has 0 N–H and O–H groups in total. The number of likely N-dealkylation sites (tertiary alicyclic amines) is 1. The van der Waals surface area contributed by atoms with Gasteiger partial charge in [-0.2, -0.15) is 0 Å². The fourth-order valence-electron chi connectivity index (χ4n) is 3.79. The highest BCUT2D eigenvalue weighted by Crippen LogP contribution is 2.28. The van der Waals surface area contributed by atoms with Gasteiger partial charge in [0.1, 0.15) is 0 Å². The third-order valence-electron chi connectivity index (χ3n) is 4.57. The van der Waals surface area contributed by atoms with E-state index in [1.807, 2.05) is 12.1 Å². The first-order valence-corrected chi connectivity index (χ1v) is 10.0. The second kappa shape index (κ2) is 6.58. The van der Waals surface area contributed by atoms with Crippen LogP contribution in [-0.4, -0.2) is 32.6 Å². The summed E-state index contributed by atoms with van der Waals surface area (Å²) >= 11 is 5.28. The van der Waals surface area contributed by atoms with Crippen LogP contribution in [0.5, 0.6) is 0 Å². The van der Waals surface area contributed by atoms with Crippen molar-refractivity contribution in [3.63, 3.8) is 0 Å². The van der Waals surface area contributed by atoms with E-state index >= 15 is 0 Å². The van der Waals surface area contributed by atoms with E-state index in [-0.39, 0.29) is 0 Å². The molecule has 4 nitrogen and oxygen atoms in total. The Bertz CT molecular complexity index is 846. The number of aromatic nitrogens is 3. The van der Waals surface area contributed by atoms with Gasteiger partial charge in [-0.05, 0) is 30.4 Å². The molecule has 2 aromatic heterocycles. The van der Waals surface area contributed by atoms with Crippen LogP contribution in [0.4, 0.5) is 0 Å². The lowest BCUT2D eigenvalue weighted by Crippen LogP contribution is -2.37. The molecule has 2 atom stereocenters. The Labute approximate surface area is 154 Å². The van der Waals surface area contributed by atoms with Crippen LogP contribution in [0.1, 0.15) is 25.1 Å². The largest absolute Gasteiger partial charge is 0.298 e. The average Bonchev–Trinajstić information content (AvgIpc) is 3.05. The van der Waals surface area contributed by atoms with Crippen molar-refractivity contribution in [1.29, 1.82) is 0 Å². The van der Waals surface area contributed by atoms with Crippen molar-refractivity contribution < 1.29 is 0 Å². The normalized spacial score (nSPS) is 22.3. The highest BCUT2D eigenvalue weighted by Gasteiger charge is 2.22. The van der Waals surface area contributed by atoms with Gasteiger partial charge in [-0.15, -0.1) is 10.2 Å². The van der Waals surface area contributed by atoms with Crippen LogP contribution in [0.15, 0.2) is 34.9 Å². The third-order valence-corrected chi connectivity index (χ3v) is 6.02. The van der Waals surface area contributed by atoms with Gasteiger partial charge in [-0.1, -0.05) is 53.2 Å². The number of halogens is 1. The molecule has 2 unspecified atom stereocenters. The summed E-state index contributed by atoms with van der Waals surface area (Å²) in [6.45, 7) is 8.13. The first-order chi connectivity index (χ1) is 11.6. The van der Waals surface area contributed by atoms with Crippen molar-refractivity contribution in [1.82, 2.24) is 19.5 Å². The Morgan fingerprint density at radius 3 is 2.75 bits per heavy atom. The number of piperidine rings is 1. The van der Waals surface area contributed by atoms with E-state index in [2.05, 4.69) is 67.6 Å². The lowest BCUT2D eigenvalue weighted by Gasteiger charge is -2.34. The number of hydrogen-bond donors (Lipinski definition) is 0. The zero-order valence-corrected chi connectivity index (χ0v) is 16.3. The first-order valence-electron chi connectivity index (χ1n) is 8.40. The van der Waals surface area contributed by atoms with Crippen molar-refractivity contribution in [3.8, 4) is 11.4 Å². The maximum Gasteiger partial charge on any atom is 0.216 e. The summed E-state index contributed by atoms with van der Waals surface area (Å²) in [6.07, 6.45) is 3.56. The van der Waals surface area contributed by atoms with Gasteiger partial charge in [-0.25, -0.2) is 0 Å². The summed E-state index contributed by atoms with van der Waals surface area (Å²) < 4.78 is 3.18. The molecule has 3 heterocycles. The van der Waals surface area contributed by atoms with E-state index < -0.39 is 0 Å². The Morgan fingerprint density at radius 2 is 2.00 bits per heavy atom. The summed E-state index contributed by atoms with van der Waals surface area (Å²) in [7, 11) is 0. The van der Waals surface area contributed by atoms with Gasteiger partial charge in [0.05, 0.1) is 0 Å². The number of rotatable bonds is 3. The molecule has 1 aliphatic heterocycles. The number of fused-ring (bicyclic) bond motifs is 1. The quantitative estimate of drug-likeness (QED) is 0.634. The smallest absolute Gasteiger partial charge is 0.216 e. The minimum absolute atomic E-state index is 0.789. The molecular formula is C18H21BrN4S. The Kier molecular flexibility index (Phi) is 4.45. The lowest BCUT2D eigenvalue weighted by molar-refractivity contribution is 0.135. The second-order valence-electron chi connectivity index (χ2n) is 7.02. The molecule has 6 heteroatoms. The molecule has 1 aliphatic rings. The molecule has 126 valence electrons. The van der Waals surface area contributed by atoms with Crippen LogP contribution in [0.25, 0.3) is 16.3 Å². The number of nitrogens with zero attached hydrogens (tertiary/aromatic N) is 4. The van der Waals surface area contributed by atoms with Gasteiger partial charge in [0.2, 0.25) is 4.96 Å². The van der Waals surface area contributed by atoms with Gasteiger partial charge in [0.15, 0.2) is 5.82 Å². The Morgan fingerprint density at radius 1 is 1.21 bits per heavy atom. The summed E-state index contributed by atoms with van der Waals surface area (Å²) in [5.74, 6) is 2.49. The van der Waals surface area contributed by atoms with E-state index in [0.29, 0.717) is 0 Å². The maximum absolute atomic E-state index is 4.37. The van der Waals surface area contributed by atoms with Gasteiger partial charge >= 0.3 is 0 Å². The number of thiazole rings is 1. The van der Waals surface area contributed by atoms with Crippen LogP contribution in [0, 0.1) is 11.8 Å². The molecular weight excluding hydrogens is 384 g/mol. The van der Waals surface area contributed by atoms with Crippen molar-refractivity contribution in [2.75, 3.05) is 13.1 Å². The molecule has 1 fully saturated rings. The van der Waals surface area contributed by atoms with Crippen LogP contribution in [0.2, 0.25) is 0 Å². The molecule has 0 saturated carbocycles. The topological polar surface area (TPSA) is 33.4 Å². The minimum atomic E-state index is 0.789. The molecule has 1 saturated heterocycles. The summed E-state index contributed by atoms with van der Waals surface area (Å²) in [4.78, 5) is 4.91. The second-order valence-corrected chi connectivity index (χ2v) is 9.03. The monoisotopic (exact) mass is 404 g/mol. The number of hydrogen-bond acceptors (Lipinski definition) is 4. The van der Waals surface area contributed by atoms with Gasteiger partial charge in [0, 0.05) is 40.7 Å². The Hall–Kier alpha value is -1.24. The Balaban J connectivity index is 1.60. The summed E-state index contributed by atoms with van der Waals surface area (Å²) in [5, 5.41) is 8.73. The molecule has 0 spiro atoms. The van der Waals surface area contributed by atoms with Crippen molar-refractivity contribution in [2.45, 2.75) is 26.8 Å². The fourth-order valence-corrected chi connectivity index (χ4v) is 5.15. The zero-order valence-electron chi connectivity index (χ0n) is 13.9. The van der Waals surface area contributed by atoms with Gasteiger partial charge in [0.25, 0.3) is 0 Å². The zero-order chi connectivity index (χ0) is 16.7. The maximum atomic E-state index is 4.37. The number of benzene rings is 1. The van der Waals surface area contributed by atoms with Gasteiger partial charge in [-0.3, -0.25) is 9.30 Å². The van der Waals surface area contributed by atoms with Crippen LogP contribution >= 0.6 is 27.3 Å². The van der Waals surface area contributed by atoms with Crippen LogP contribution < -0.4 is 0 Å². The molecule has 0 aliphatic carbocycles. The molecule has 4 rings (SSSR count). The fraction of sp³-hybridized carbons (Fsp3) is 0.444. The van der Waals surface area contributed by atoms with E-state index in [4.69, 9.17) is 0 Å². The lowest BCUT2D eigenvalue weighted by atomic mass is 9.92. The van der Waals surface area contributed by atoms with Crippen molar-refractivity contribution >= 4 is 32.2 Å². The average molecular weight is 405 g/mol. The highest BCUT2D eigenvalue weighted by atomic mass is 79.9. The standard InChI is InChI=1S/C18H21BrN4S/c1-12-6-13(2)9-22(8-12)10-16-11-23-17(20-21-18(23)24-16)14-4-3-5-15(19)7-14/h3-5,7,11-13H,6,8-10H2,1-2H3. The van der Waals surface area contributed by atoms with E-state index in [0.717, 1.165) is 39.2 Å². The van der Waals surface area contributed by atoms with Crippen LogP contribution in [0.3, 0.4) is 0 Å². The summed E-state index contributed by atoms with van der Waals surface area (Å²) in [6, 6.07) is 8.22. The van der Waals surface area contributed by atoms with Crippen molar-refractivity contribution in [3.05, 3.63) is 39.8 Å². The van der Waals surface area contributed by atoms with E-state index in [1.54, 1.807) is 11.3 Å². The van der Waals surface area contributed by atoms with Gasteiger partial charge < -0.3 is 0 Å². The molecule has 1 aromatic carbocycles. The SMILES string of the molecule is CC1CC(C)CN(Cc2cn3c(-c4cccc(Br)c4)nnc3s2)C1. The van der Waals surface area contributed by atoms with Crippen molar-refractivity contribution in [2.24, 2.45) is 11.8 Å². The molecule has 3 aromatic rings.